The van der Waals surface area contributed by atoms with Crippen LogP contribution in [0.15, 0.2) is 24.3 Å². The summed E-state index contributed by atoms with van der Waals surface area (Å²) in [4.78, 5) is 0. The maximum absolute atomic E-state index is 5.74. The van der Waals surface area contributed by atoms with Crippen LogP contribution in [0.2, 0.25) is 0 Å². The maximum atomic E-state index is 5.74. The molecular weight excluding hydrogens is 186 g/mol. The van der Waals surface area contributed by atoms with Gasteiger partial charge in [-0.3, -0.25) is 5.10 Å². The van der Waals surface area contributed by atoms with Gasteiger partial charge in [0.15, 0.2) is 0 Å². The summed E-state index contributed by atoms with van der Waals surface area (Å²) in [6.45, 7) is 4.06. The van der Waals surface area contributed by atoms with Crippen LogP contribution in [0.4, 0.5) is 5.69 Å². The van der Waals surface area contributed by atoms with E-state index in [4.69, 9.17) is 5.73 Å². The van der Waals surface area contributed by atoms with E-state index in [1.54, 1.807) is 0 Å². The van der Waals surface area contributed by atoms with Crippen LogP contribution >= 0.6 is 0 Å². The van der Waals surface area contributed by atoms with Gasteiger partial charge < -0.3 is 5.73 Å². The average Bonchev–Trinajstić information content (AvgIpc) is 2.50. The highest BCUT2D eigenvalue weighted by molar-refractivity contribution is 5.43. The van der Waals surface area contributed by atoms with Gasteiger partial charge in [0.25, 0.3) is 0 Å². The molecule has 3 heteroatoms. The normalized spacial score (nSPS) is 10.5. The molecule has 78 valence electrons. The molecule has 0 atom stereocenters. The lowest BCUT2D eigenvalue weighted by Crippen LogP contribution is -1.93. The highest BCUT2D eigenvalue weighted by Crippen LogP contribution is 2.16. The number of aromatic nitrogens is 2. The Kier molecular flexibility index (Phi) is 2.46. The summed E-state index contributed by atoms with van der Waals surface area (Å²) in [5.74, 6) is 0. The van der Waals surface area contributed by atoms with Crippen molar-refractivity contribution >= 4 is 5.69 Å². The molecule has 0 amide bonds. The van der Waals surface area contributed by atoms with Gasteiger partial charge in [0.05, 0.1) is 5.69 Å². The molecular formula is C12H15N3. The van der Waals surface area contributed by atoms with Crippen LogP contribution in [0.1, 0.15) is 22.5 Å². The molecule has 0 unspecified atom stereocenters. The second-order valence-corrected chi connectivity index (χ2v) is 3.83. The Hall–Kier alpha value is -1.77. The molecule has 0 saturated heterocycles. The predicted molar refractivity (Wildman–Crippen MR) is 61.7 cm³/mol. The predicted octanol–water partition coefficient (Wildman–Crippen LogP) is 2.20. The SMILES string of the molecule is Cc1n[nH]c(C)c1Cc1cccc(N)c1. The Morgan fingerprint density at radius 2 is 2.13 bits per heavy atom. The molecule has 0 radical (unpaired) electrons. The number of aromatic amines is 1. The average molecular weight is 201 g/mol. The van der Waals surface area contributed by atoms with Crippen molar-refractivity contribution in [3.63, 3.8) is 0 Å². The summed E-state index contributed by atoms with van der Waals surface area (Å²) in [5, 5.41) is 7.17. The fraction of sp³-hybridized carbons (Fsp3) is 0.250. The van der Waals surface area contributed by atoms with Gasteiger partial charge in [0, 0.05) is 23.4 Å². The zero-order chi connectivity index (χ0) is 10.8. The summed E-state index contributed by atoms with van der Waals surface area (Å²) < 4.78 is 0. The number of nitrogens with two attached hydrogens (primary N) is 1. The largest absolute Gasteiger partial charge is 0.399 e. The number of hydrogen-bond donors (Lipinski definition) is 2. The van der Waals surface area contributed by atoms with Gasteiger partial charge in [-0.1, -0.05) is 12.1 Å². The van der Waals surface area contributed by atoms with E-state index in [1.807, 2.05) is 32.0 Å². The van der Waals surface area contributed by atoms with Gasteiger partial charge in [-0.05, 0) is 31.5 Å². The fourth-order valence-corrected chi connectivity index (χ4v) is 1.74. The van der Waals surface area contributed by atoms with Crippen LogP contribution in [0.5, 0.6) is 0 Å². The molecule has 1 aromatic carbocycles. The van der Waals surface area contributed by atoms with Crippen molar-refractivity contribution in [3.8, 4) is 0 Å². The molecule has 0 aliphatic rings. The third-order valence-corrected chi connectivity index (χ3v) is 2.61. The van der Waals surface area contributed by atoms with E-state index >= 15 is 0 Å². The first kappa shape index (κ1) is 9.77. The van der Waals surface area contributed by atoms with Crippen molar-refractivity contribution in [2.45, 2.75) is 20.3 Å². The van der Waals surface area contributed by atoms with E-state index in [0.29, 0.717) is 0 Å². The Bertz CT molecular complexity index is 452. The molecule has 0 bridgehead atoms. The number of benzene rings is 1. The zero-order valence-corrected chi connectivity index (χ0v) is 9.04. The first-order valence-electron chi connectivity index (χ1n) is 5.01. The number of aryl methyl sites for hydroxylation is 2. The standard InChI is InChI=1S/C12H15N3/c1-8-12(9(2)15-14-8)7-10-4-3-5-11(13)6-10/h3-6H,7,13H2,1-2H3,(H,14,15). The van der Waals surface area contributed by atoms with Crippen molar-refractivity contribution in [1.82, 2.24) is 10.2 Å². The molecule has 0 fully saturated rings. The van der Waals surface area contributed by atoms with Crippen molar-refractivity contribution in [2.24, 2.45) is 0 Å². The zero-order valence-electron chi connectivity index (χ0n) is 9.04. The van der Waals surface area contributed by atoms with Gasteiger partial charge in [-0.2, -0.15) is 5.10 Å². The summed E-state index contributed by atoms with van der Waals surface area (Å²) in [7, 11) is 0. The van der Waals surface area contributed by atoms with Crippen molar-refractivity contribution in [1.29, 1.82) is 0 Å². The Labute approximate surface area is 89.3 Å². The first-order chi connectivity index (χ1) is 7.16. The summed E-state index contributed by atoms with van der Waals surface area (Å²) >= 11 is 0. The second kappa shape index (κ2) is 3.77. The molecule has 2 aromatic rings. The van der Waals surface area contributed by atoms with Crippen LogP contribution in [-0.2, 0) is 6.42 Å². The quantitative estimate of drug-likeness (QED) is 0.732. The highest BCUT2D eigenvalue weighted by atomic mass is 15.1. The number of anilines is 1. The van der Waals surface area contributed by atoms with Gasteiger partial charge >= 0.3 is 0 Å². The van der Waals surface area contributed by atoms with E-state index < -0.39 is 0 Å². The topological polar surface area (TPSA) is 54.7 Å². The molecule has 3 nitrogen and oxygen atoms in total. The van der Waals surface area contributed by atoms with E-state index in [0.717, 1.165) is 23.5 Å². The molecule has 15 heavy (non-hydrogen) atoms. The monoisotopic (exact) mass is 201 g/mol. The lowest BCUT2D eigenvalue weighted by molar-refractivity contribution is 1.02. The van der Waals surface area contributed by atoms with E-state index in [-0.39, 0.29) is 0 Å². The van der Waals surface area contributed by atoms with Crippen molar-refractivity contribution < 1.29 is 0 Å². The molecule has 0 aliphatic heterocycles. The van der Waals surface area contributed by atoms with Crippen LogP contribution in [-0.4, -0.2) is 10.2 Å². The maximum Gasteiger partial charge on any atom is 0.0629 e. The van der Waals surface area contributed by atoms with E-state index in [9.17, 15) is 0 Å². The molecule has 0 spiro atoms. The van der Waals surface area contributed by atoms with Crippen LogP contribution in [0, 0.1) is 13.8 Å². The number of rotatable bonds is 2. The summed E-state index contributed by atoms with van der Waals surface area (Å²) in [6, 6.07) is 7.97. The third kappa shape index (κ3) is 2.01. The Morgan fingerprint density at radius 3 is 2.73 bits per heavy atom. The van der Waals surface area contributed by atoms with Crippen molar-refractivity contribution in [2.75, 3.05) is 5.73 Å². The lowest BCUT2D eigenvalue weighted by Gasteiger charge is -2.02. The molecule has 2 rings (SSSR count). The molecule has 0 saturated carbocycles. The van der Waals surface area contributed by atoms with Gasteiger partial charge in [-0.15, -0.1) is 0 Å². The Balaban J connectivity index is 2.29. The second-order valence-electron chi connectivity index (χ2n) is 3.83. The fourth-order valence-electron chi connectivity index (χ4n) is 1.74. The van der Waals surface area contributed by atoms with Crippen LogP contribution < -0.4 is 5.73 Å². The highest BCUT2D eigenvalue weighted by Gasteiger charge is 2.06. The minimum Gasteiger partial charge on any atom is -0.399 e. The summed E-state index contributed by atoms with van der Waals surface area (Å²) in [6.07, 6.45) is 0.888. The molecule has 3 N–H and O–H groups in total. The number of nitrogens with zero attached hydrogens (tertiary/aromatic N) is 1. The van der Waals surface area contributed by atoms with E-state index in [2.05, 4.69) is 16.3 Å². The van der Waals surface area contributed by atoms with Gasteiger partial charge in [-0.25, -0.2) is 0 Å². The number of hydrogen-bond acceptors (Lipinski definition) is 2. The van der Waals surface area contributed by atoms with Gasteiger partial charge in [0.1, 0.15) is 0 Å². The minimum absolute atomic E-state index is 0.811. The lowest BCUT2D eigenvalue weighted by atomic mass is 10.0. The van der Waals surface area contributed by atoms with Gasteiger partial charge in [0.2, 0.25) is 0 Å². The first-order valence-corrected chi connectivity index (χ1v) is 5.01. The molecule has 1 heterocycles. The smallest absolute Gasteiger partial charge is 0.0629 e. The van der Waals surface area contributed by atoms with Crippen LogP contribution in [0.25, 0.3) is 0 Å². The minimum atomic E-state index is 0.811. The summed E-state index contributed by atoms with van der Waals surface area (Å²) in [5.41, 5.74) is 11.2. The Morgan fingerprint density at radius 1 is 1.33 bits per heavy atom. The molecule has 1 aromatic heterocycles. The van der Waals surface area contributed by atoms with Crippen molar-refractivity contribution in [3.05, 3.63) is 46.8 Å². The van der Waals surface area contributed by atoms with E-state index in [1.165, 1.54) is 11.1 Å². The number of nitrogen functional groups attached to an aromatic ring is 1. The third-order valence-electron chi connectivity index (χ3n) is 2.61. The number of nitrogens with one attached hydrogen (secondary N) is 1. The number of H-pyrrole nitrogens is 1. The molecule has 0 aliphatic carbocycles. The van der Waals surface area contributed by atoms with Crippen LogP contribution in [0.3, 0.4) is 0 Å².